The quantitative estimate of drug-likeness (QED) is 0.784. The molecule has 0 spiro atoms. The van der Waals surface area contributed by atoms with E-state index in [0.717, 1.165) is 6.07 Å². The number of hydrogen-bond donors (Lipinski definition) is 1. The molecule has 110 valence electrons. The first-order chi connectivity index (χ1) is 9.45. The predicted molar refractivity (Wildman–Crippen MR) is 72.3 cm³/mol. The number of hydrogen-bond acceptors (Lipinski definition) is 3. The number of aliphatic carboxylic acids is 1. The summed E-state index contributed by atoms with van der Waals surface area (Å²) in [5.41, 5.74) is 0.179. The summed E-state index contributed by atoms with van der Waals surface area (Å²) < 4.78 is 18.8. The molecule has 6 heteroatoms. The van der Waals surface area contributed by atoms with E-state index in [1.54, 1.807) is 6.92 Å². The third-order valence-corrected chi connectivity index (χ3v) is 3.03. The van der Waals surface area contributed by atoms with Gasteiger partial charge in [0.1, 0.15) is 5.82 Å². The van der Waals surface area contributed by atoms with Gasteiger partial charge in [0.05, 0.1) is 12.5 Å². The van der Waals surface area contributed by atoms with Gasteiger partial charge in [-0.3, -0.25) is 9.59 Å². The van der Waals surface area contributed by atoms with Crippen molar-refractivity contribution in [2.24, 2.45) is 0 Å². The Balaban J connectivity index is 2.90. The average Bonchev–Trinajstić information content (AvgIpc) is 2.35. The van der Waals surface area contributed by atoms with Gasteiger partial charge in [0.2, 0.25) is 0 Å². The Morgan fingerprint density at radius 2 is 2.15 bits per heavy atom. The standard InChI is InChI=1S/C14H16ClFO4/c1-2-20-14(19)11(4-3-5-13(17)18)10-7-6-9(15)8-12(10)16/h6-8,11H,2-5H2,1H3,(H,17,18). The summed E-state index contributed by atoms with van der Waals surface area (Å²) in [5.74, 6) is -2.92. The van der Waals surface area contributed by atoms with Crippen LogP contribution in [0, 0.1) is 5.82 Å². The third kappa shape index (κ3) is 4.81. The topological polar surface area (TPSA) is 63.6 Å². The zero-order valence-electron chi connectivity index (χ0n) is 11.1. The molecule has 1 atom stereocenters. The SMILES string of the molecule is CCOC(=O)C(CCCC(=O)O)c1ccc(Cl)cc1F. The molecular formula is C14H16ClFO4. The van der Waals surface area contributed by atoms with Gasteiger partial charge in [-0.15, -0.1) is 0 Å². The Morgan fingerprint density at radius 3 is 2.70 bits per heavy atom. The van der Waals surface area contributed by atoms with Gasteiger partial charge >= 0.3 is 11.9 Å². The first-order valence-electron chi connectivity index (χ1n) is 6.29. The van der Waals surface area contributed by atoms with E-state index in [-0.39, 0.29) is 36.5 Å². The van der Waals surface area contributed by atoms with Crippen molar-refractivity contribution in [3.63, 3.8) is 0 Å². The maximum atomic E-state index is 13.9. The molecule has 1 unspecified atom stereocenters. The van der Waals surface area contributed by atoms with Gasteiger partial charge in [0, 0.05) is 17.0 Å². The molecule has 0 radical (unpaired) electrons. The van der Waals surface area contributed by atoms with Crippen LogP contribution in [0.2, 0.25) is 5.02 Å². The van der Waals surface area contributed by atoms with E-state index in [1.807, 2.05) is 0 Å². The van der Waals surface area contributed by atoms with Crippen LogP contribution in [-0.2, 0) is 14.3 Å². The normalized spacial score (nSPS) is 11.9. The number of carbonyl (C=O) groups is 2. The van der Waals surface area contributed by atoms with E-state index in [0.29, 0.717) is 0 Å². The molecule has 1 aromatic rings. The lowest BCUT2D eigenvalue weighted by molar-refractivity contribution is -0.145. The first kappa shape index (κ1) is 16.4. The van der Waals surface area contributed by atoms with E-state index in [9.17, 15) is 14.0 Å². The Hall–Kier alpha value is -1.62. The molecule has 0 aromatic heterocycles. The summed E-state index contributed by atoms with van der Waals surface area (Å²) in [4.78, 5) is 22.4. The highest BCUT2D eigenvalue weighted by Gasteiger charge is 2.25. The number of carbonyl (C=O) groups excluding carboxylic acids is 1. The first-order valence-corrected chi connectivity index (χ1v) is 6.66. The lowest BCUT2D eigenvalue weighted by atomic mass is 9.93. The molecular weight excluding hydrogens is 287 g/mol. The molecule has 0 aliphatic rings. The van der Waals surface area contributed by atoms with Crippen LogP contribution in [0.15, 0.2) is 18.2 Å². The Morgan fingerprint density at radius 1 is 1.45 bits per heavy atom. The van der Waals surface area contributed by atoms with Gasteiger partial charge < -0.3 is 9.84 Å². The third-order valence-electron chi connectivity index (χ3n) is 2.79. The van der Waals surface area contributed by atoms with Gasteiger partial charge in [-0.25, -0.2) is 4.39 Å². The van der Waals surface area contributed by atoms with E-state index < -0.39 is 23.7 Å². The highest BCUT2D eigenvalue weighted by molar-refractivity contribution is 6.30. The van der Waals surface area contributed by atoms with Crippen molar-refractivity contribution in [3.05, 3.63) is 34.6 Å². The largest absolute Gasteiger partial charge is 0.481 e. The number of halogens is 2. The fourth-order valence-electron chi connectivity index (χ4n) is 1.88. The summed E-state index contributed by atoms with van der Waals surface area (Å²) in [5, 5.41) is 8.86. The lowest BCUT2D eigenvalue weighted by Crippen LogP contribution is -2.17. The van der Waals surface area contributed by atoms with Crippen molar-refractivity contribution in [2.75, 3.05) is 6.61 Å². The fourth-order valence-corrected chi connectivity index (χ4v) is 2.04. The zero-order chi connectivity index (χ0) is 15.1. The molecule has 0 amide bonds. The molecule has 1 rings (SSSR count). The minimum Gasteiger partial charge on any atom is -0.481 e. The second kappa shape index (κ2) is 7.85. The monoisotopic (exact) mass is 302 g/mol. The van der Waals surface area contributed by atoms with E-state index >= 15 is 0 Å². The molecule has 0 aliphatic carbocycles. The van der Waals surface area contributed by atoms with Gasteiger partial charge in [-0.1, -0.05) is 17.7 Å². The molecule has 1 aromatic carbocycles. The molecule has 0 saturated heterocycles. The number of carboxylic acid groups (broad SMARTS) is 1. The van der Waals surface area contributed by atoms with Crippen LogP contribution in [0.1, 0.15) is 37.7 Å². The minimum absolute atomic E-state index is 0.0783. The van der Waals surface area contributed by atoms with E-state index in [1.165, 1.54) is 12.1 Å². The lowest BCUT2D eigenvalue weighted by Gasteiger charge is -2.16. The summed E-state index contributed by atoms with van der Waals surface area (Å²) in [6, 6.07) is 4.05. The maximum Gasteiger partial charge on any atom is 0.313 e. The van der Waals surface area contributed by atoms with Crippen LogP contribution in [0.4, 0.5) is 4.39 Å². The van der Waals surface area contributed by atoms with Crippen molar-refractivity contribution in [1.29, 1.82) is 0 Å². The summed E-state index contributed by atoms with van der Waals surface area (Å²) in [6.07, 6.45) is 0.398. The van der Waals surface area contributed by atoms with Gasteiger partial charge in [0.25, 0.3) is 0 Å². The Kier molecular flexibility index (Phi) is 6.45. The van der Waals surface area contributed by atoms with Crippen LogP contribution in [-0.4, -0.2) is 23.7 Å². The predicted octanol–water partition coefficient (Wildman–Crippen LogP) is 3.38. The molecule has 1 N–H and O–H groups in total. The molecule has 0 fully saturated rings. The fraction of sp³-hybridized carbons (Fsp3) is 0.429. The van der Waals surface area contributed by atoms with Crippen LogP contribution < -0.4 is 0 Å². The summed E-state index contributed by atoms with van der Waals surface area (Å²) >= 11 is 5.67. The summed E-state index contributed by atoms with van der Waals surface area (Å²) in [6.45, 7) is 1.84. The summed E-state index contributed by atoms with van der Waals surface area (Å²) in [7, 11) is 0. The highest BCUT2D eigenvalue weighted by atomic mass is 35.5. The van der Waals surface area contributed by atoms with Crippen molar-refractivity contribution >= 4 is 23.5 Å². The molecule has 4 nitrogen and oxygen atoms in total. The van der Waals surface area contributed by atoms with Gasteiger partial charge in [0.15, 0.2) is 0 Å². The molecule has 0 saturated carbocycles. The Bertz CT molecular complexity index is 490. The van der Waals surface area contributed by atoms with E-state index in [4.69, 9.17) is 21.4 Å². The van der Waals surface area contributed by atoms with Crippen LogP contribution in [0.5, 0.6) is 0 Å². The smallest absolute Gasteiger partial charge is 0.313 e. The van der Waals surface area contributed by atoms with Crippen molar-refractivity contribution < 1.29 is 23.8 Å². The van der Waals surface area contributed by atoms with E-state index in [2.05, 4.69) is 0 Å². The second-order valence-corrected chi connectivity index (χ2v) is 4.69. The van der Waals surface area contributed by atoms with Crippen molar-refractivity contribution in [2.45, 2.75) is 32.1 Å². The average molecular weight is 303 g/mol. The van der Waals surface area contributed by atoms with Crippen LogP contribution >= 0.6 is 11.6 Å². The minimum atomic E-state index is -0.954. The zero-order valence-corrected chi connectivity index (χ0v) is 11.8. The number of ether oxygens (including phenoxy) is 1. The number of rotatable bonds is 7. The molecule has 0 aliphatic heterocycles. The van der Waals surface area contributed by atoms with Crippen molar-refractivity contribution in [1.82, 2.24) is 0 Å². The maximum absolute atomic E-state index is 13.9. The second-order valence-electron chi connectivity index (χ2n) is 4.26. The molecule has 20 heavy (non-hydrogen) atoms. The van der Waals surface area contributed by atoms with Gasteiger partial charge in [-0.2, -0.15) is 0 Å². The van der Waals surface area contributed by atoms with Crippen LogP contribution in [0.3, 0.4) is 0 Å². The van der Waals surface area contributed by atoms with Gasteiger partial charge in [-0.05, 0) is 31.9 Å². The highest BCUT2D eigenvalue weighted by Crippen LogP contribution is 2.28. The van der Waals surface area contributed by atoms with Crippen LogP contribution in [0.25, 0.3) is 0 Å². The number of esters is 1. The Labute approximate surface area is 121 Å². The molecule has 0 heterocycles. The number of benzene rings is 1. The molecule has 0 bridgehead atoms. The number of carboxylic acids is 1. The van der Waals surface area contributed by atoms with Crippen molar-refractivity contribution in [3.8, 4) is 0 Å².